The number of nitrogens with zero attached hydrogens (tertiary/aromatic N) is 1. The Labute approximate surface area is 113 Å². The zero-order chi connectivity index (χ0) is 13.2. The molecule has 0 unspecified atom stereocenters. The minimum absolute atomic E-state index is 0.730. The van der Waals surface area contributed by atoms with Crippen LogP contribution in [0.4, 0.5) is 0 Å². The number of hydrogen-bond acceptors (Lipinski definition) is 3. The van der Waals surface area contributed by atoms with Gasteiger partial charge in [0.05, 0.1) is 25.3 Å². The Morgan fingerprint density at radius 1 is 1.16 bits per heavy atom. The monoisotopic (exact) mass is 260 g/mol. The molecule has 1 aromatic carbocycles. The van der Waals surface area contributed by atoms with Crippen molar-refractivity contribution in [3.63, 3.8) is 0 Å². The lowest BCUT2D eigenvalue weighted by molar-refractivity contribution is 0.356. The molecule has 0 aliphatic heterocycles. The smallest absolute Gasteiger partial charge is 0.163 e. The Morgan fingerprint density at radius 2 is 1.84 bits per heavy atom. The van der Waals surface area contributed by atoms with Gasteiger partial charge in [-0.15, -0.1) is 0 Å². The maximum atomic E-state index is 5.31. The first-order valence-corrected chi connectivity index (χ1v) is 6.90. The predicted octanol–water partition coefficient (Wildman–Crippen LogP) is 3.31. The van der Waals surface area contributed by atoms with Crippen LogP contribution in [0.1, 0.15) is 31.5 Å². The number of aromatic nitrogens is 2. The Balaban J connectivity index is 1.91. The summed E-state index contributed by atoms with van der Waals surface area (Å²) in [7, 11) is 3.30. The van der Waals surface area contributed by atoms with Crippen LogP contribution >= 0.6 is 0 Å². The van der Waals surface area contributed by atoms with Crippen molar-refractivity contribution in [1.29, 1.82) is 0 Å². The van der Waals surface area contributed by atoms with Gasteiger partial charge in [-0.25, -0.2) is 4.98 Å². The van der Waals surface area contributed by atoms with Crippen LogP contribution in [-0.4, -0.2) is 24.2 Å². The molecule has 3 rings (SSSR count). The van der Waals surface area contributed by atoms with Gasteiger partial charge < -0.3 is 14.5 Å². The van der Waals surface area contributed by atoms with Gasteiger partial charge in [0.15, 0.2) is 11.5 Å². The molecular weight excluding hydrogens is 240 g/mol. The predicted molar refractivity (Wildman–Crippen MR) is 74.9 cm³/mol. The van der Waals surface area contributed by atoms with E-state index in [0.717, 1.165) is 40.7 Å². The van der Waals surface area contributed by atoms with E-state index in [1.807, 2.05) is 12.1 Å². The van der Waals surface area contributed by atoms with Crippen LogP contribution < -0.4 is 9.47 Å². The molecule has 0 amide bonds. The maximum absolute atomic E-state index is 5.31. The molecule has 19 heavy (non-hydrogen) atoms. The summed E-state index contributed by atoms with van der Waals surface area (Å²) >= 11 is 0. The van der Waals surface area contributed by atoms with Crippen molar-refractivity contribution in [2.45, 2.75) is 32.1 Å². The summed E-state index contributed by atoms with van der Waals surface area (Å²) < 4.78 is 10.6. The zero-order valence-electron chi connectivity index (χ0n) is 11.5. The SMILES string of the molecule is COc1cc2nc(CC3CCCC3)[nH]c2cc1OC. The molecule has 0 radical (unpaired) electrons. The Hall–Kier alpha value is -1.71. The molecule has 1 aromatic heterocycles. The summed E-state index contributed by atoms with van der Waals surface area (Å²) in [5.74, 6) is 3.35. The van der Waals surface area contributed by atoms with Crippen LogP contribution in [0.25, 0.3) is 11.0 Å². The molecule has 1 heterocycles. The van der Waals surface area contributed by atoms with Gasteiger partial charge in [-0.3, -0.25) is 0 Å². The van der Waals surface area contributed by atoms with Crippen molar-refractivity contribution in [2.24, 2.45) is 5.92 Å². The van der Waals surface area contributed by atoms with Crippen LogP contribution in [0.3, 0.4) is 0 Å². The minimum Gasteiger partial charge on any atom is -0.493 e. The second kappa shape index (κ2) is 5.11. The number of nitrogens with one attached hydrogen (secondary N) is 1. The van der Waals surface area contributed by atoms with Gasteiger partial charge in [0.1, 0.15) is 5.82 Å². The molecular formula is C15H20N2O2. The van der Waals surface area contributed by atoms with Gasteiger partial charge in [-0.2, -0.15) is 0 Å². The first kappa shape index (κ1) is 12.3. The highest BCUT2D eigenvalue weighted by atomic mass is 16.5. The third-order valence-electron chi connectivity index (χ3n) is 3.99. The fraction of sp³-hybridized carbons (Fsp3) is 0.533. The third kappa shape index (κ3) is 2.39. The van der Waals surface area contributed by atoms with Gasteiger partial charge in [0.2, 0.25) is 0 Å². The zero-order valence-corrected chi connectivity index (χ0v) is 11.5. The van der Waals surface area contributed by atoms with Crippen LogP contribution in [0.5, 0.6) is 11.5 Å². The largest absolute Gasteiger partial charge is 0.493 e. The van der Waals surface area contributed by atoms with E-state index < -0.39 is 0 Å². The van der Waals surface area contributed by atoms with Crippen molar-refractivity contribution >= 4 is 11.0 Å². The van der Waals surface area contributed by atoms with E-state index >= 15 is 0 Å². The molecule has 1 N–H and O–H groups in total. The van der Waals surface area contributed by atoms with E-state index in [1.54, 1.807) is 14.2 Å². The Kier molecular flexibility index (Phi) is 3.32. The van der Waals surface area contributed by atoms with E-state index in [1.165, 1.54) is 25.7 Å². The van der Waals surface area contributed by atoms with Crippen molar-refractivity contribution in [3.8, 4) is 11.5 Å². The van der Waals surface area contributed by atoms with Gasteiger partial charge in [0, 0.05) is 18.6 Å². The van der Waals surface area contributed by atoms with Crippen LogP contribution in [0.2, 0.25) is 0 Å². The summed E-state index contributed by atoms with van der Waals surface area (Å²) in [6.45, 7) is 0. The number of ether oxygens (including phenoxy) is 2. The minimum atomic E-state index is 0.730. The number of benzene rings is 1. The highest BCUT2D eigenvalue weighted by Crippen LogP contribution is 2.32. The third-order valence-corrected chi connectivity index (χ3v) is 3.99. The van der Waals surface area contributed by atoms with Crippen LogP contribution in [0, 0.1) is 5.92 Å². The fourth-order valence-corrected chi connectivity index (χ4v) is 2.97. The average molecular weight is 260 g/mol. The van der Waals surface area contributed by atoms with Crippen molar-refractivity contribution in [1.82, 2.24) is 9.97 Å². The topological polar surface area (TPSA) is 47.1 Å². The van der Waals surface area contributed by atoms with Crippen molar-refractivity contribution in [2.75, 3.05) is 14.2 Å². The Morgan fingerprint density at radius 3 is 2.53 bits per heavy atom. The normalized spacial score (nSPS) is 16.1. The van der Waals surface area contributed by atoms with Gasteiger partial charge in [0.25, 0.3) is 0 Å². The highest BCUT2D eigenvalue weighted by Gasteiger charge is 2.17. The molecule has 1 aliphatic rings. The number of H-pyrrole nitrogens is 1. The lowest BCUT2D eigenvalue weighted by Gasteiger charge is -2.06. The Bertz CT molecular complexity index is 530. The summed E-state index contributed by atoms with van der Waals surface area (Å²) in [6, 6.07) is 3.89. The quantitative estimate of drug-likeness (QED) is 0.917. The number of hydrogen-bond donors (Lipinski definition) is 1. The molecule has 0 bridgehead atoms. The van der Waals surface area contributed by atoms with E-state index in [4.69, 9.17) is 9.47 Å². The van der Waals surface area contributed by atoms with E-state index in [9.17, 15) is 0 Å². The van der Waals surface area contributed by atoms with Gasteiger partial charge in [-0.05, 0) is 5.92 Å². The molecule has 4 heteroatoms. The molecule has 1 fully saturated rings. The molecule has 0 saturated heterocycles. The molecule has 2 aromatic rings. The van der Waals surface area contributed by atoms with Gasteiger partial charge >= 0.3 is 0 Å². The molecule has 1 aliphatic carbocycles. The molecule has 1 saturated carbocycles. The summed E-state index contributed by atoms with van der Waals surface area (Å²) in [5, 5.41) is 0. The number of rotatable bonds is 4. The number of aromatic amines is 1. The van der Waals surface area contributed by atoms with Crippen molar-refractivity contribution < 1.29 is 9.47 Å². The lowest BCUT2D eigenvalue weighted by Crippen LogP contribution is -2.00. The fourth-order valence-electron chi connectivity index (χ4n) is 2.97. The molecule has 102 valence electrons. The number of fused-ring (bicyclic) bond motifs is 1. The van der Waals surface area contributed by atoms with E-state index in [2.05, 4.69) is 9.97 Å². The van der Waals surface area contributed by atoms with Gasteiger partial charge in [-0.1, -0.05) is 25.7 Å². The molecule has 0 spiro atoms. The first-order valence-electron chi connectivity index (χ1n) is 6.90. The maximum Gasteiger partial charge on any atom is 0.163 e. The van der Waals surface area contributed by atoms with Crippen LogP contribution in [-0.2, 0) is 6.42 Å². The van der Waals surface area contributed by atoms with Crippen LogP contribution in [0.15, 0.2) is 12.1 Å². The summed E-state index contributed by atoms with van der Waals surface area (Å²) in [6.07, 6.45) is 6.46. The average Bonchev–Trinajstić information content (AvgIpc) is 3.05. The first-order chi connectivity index (χ1) is 9.30. The second-order valence-corrected chi connectivity index (χ2v) is 5.26. The number of methoxy groups -OCH3 is 2. The standard InChI is InChI=1S/C15H20N2O2/c1-18-13-8-11-12(9-14(13)19-2)17-15(16-11)7-10-5-3-4-6-10/h8-10H,3-7H2,1-2H3,(H,16,17). The molecule has 4 nitrogen and oxygen atoms in total. The van der Waals surface area contributed by atoms with E-state index in [-0.39, 0.29) is 0 Å². The van der Waals surface area contributed by atoms with E-state index in [0.29, 0.717) is 0 Å². The number of imidazole rings is 1. The second-order valence-electron chi connectivity index (χ2n) is 5.26. The molecule has 0 atom stereocenters. The summed E-state index contributed by atoms with van der Waals surface area (Å²) in [4.78, 5) is 8.07. The lowest BCUT2D eigenvalue weighted by atomic mass is 10.0. The highest BCUT2D eigenvalue weighted by molar-refractivity contribution is 5.79. The van der Waals surface area contributed by atoms with Crippen molar-refractivity contribution in [3.05, 3.63) is 18.0 Å². The summed E-state index contributed by atoms with van der Waals surface area (Å²) in [5.41, 5.74) is 1.97.